The Balaban J connectivity index is 2.74. The lowest BCUT2D eigenvalue weighted by atomic mass is 10.0. The summed E-state index contributed by atoms with van der Waals surface area (Å²) in [5, 5.41) is 3.60. The molecule has 1 aromatic rings. The van der Waals surface area contributed by atoms with Gasteiger partial charge in [-0.15, -0.1) is 0 Å². The monoisotopic (exact) mass is 399 g/mol. The van der Waals surface area contributed by atoms with Crippen molar-refractivity contribution in [3.8, 4) is 0 Å². The van der Waals surface area contributed by atoms with Crippen molar-refractivity contribution in [1.82, 2.24) is 0 Å². The summed E-state index contributed by atoms with van der Waals surface area (Å²) >= 11 is 0. The molecule has 9 heteroatoms. The maximum atomic E-state index is 12.1. The van der Waals surface area contributed by atoms with Crippen molar-refractivity contribution in [1.29, 1.82) is 0 Å². The van der Waals surface area contributed by atoms with Crippen LogP contribution in [-0.2, 0) is 33.5 Å². The van der Waals surface area contributed by atoms with E-state index < -0.39 is 28.0 Å². The van der Waals surface area contributed by atoms with Crippen LogP contribution in [0.2, 0.25) is 0 Å². The number of hydrogen-bond acceptors (Lipinski definition) is 8. The Morgan fingerprint density at radius 3 is 2.04 bits per heavy atom. The van der Waals surface area contributed by atoms with Gasteiger partial charge >= 0.3 is 22.1 Å². The van der Waals surface area contributed by atoms with E-state index in [2.05, 4.69) is 5.16 Å². The third-order valence-electron chi connectivity index (χ3n) is 3.54. The molecule has 27 heavy (non-hydrogen) atoms. The Hall–Kier alpha value is -2.42. The Morgan fingerprint density at radius 2 is 1.56 bits per heavy atom. The Kier molecular flexibility index (Phi) is 8.93. The lowest BCUT2D eigenvalue weighted by Gasteiger charge is -2.14. The van der Waals surface area contributed by atoms with Crippen LogP contribution in [0.5, 0.6) is 0 Å². The molecule has 0 radical (unpaired) electrons. The van der Waals surface area contributed by atoms with Gasteiger partial charge < -0.3 is 9.47 Å². The second kappa shape index (κ2) is 10.7. The number of oxime groups is 1. The highest BCUT2D eigenvalue weighted by Gasteiger charge is 2.29. The standard InChI is InChI=1S/C18H25NO7S/c1-5-24-17(20)16(18(21)25-6-2)12-9-14(4)19-26-27(22,23)15-10-7-13(3)8-11-15/h7-8,10-11,16H,5-6,9,12H2,1-4H3/b19-14+. The summed E-state index contributed by atoms with van der Waals surface area (Å²) in [6.07, 6.45) is 0.229. The molecule has 1 rings (SSSR count). The fraction of sp³-hybridized carbons (Fsp3) is 0.500. The van der Waals surface area contributed by atoms with Crippen molar-refractivity contribution in [2.75, 3.05) is 13.2 Å². The average molecular weight is 399 g/mol. The van der Waals surface area contributed by atoms with E-state index in [0.29, 0.717) is 5.71 Å². The molecule has 0 heterocycles. The Morgan fingerprint density at radius 1 is 1.04 bits per heavy atom. The Labute approximate surface area is 159 Å². The third-order valence-corrected chi connectivity index (χ3v) is 4.66. The number of aryl methyl sites for hydroxylation is 1. The molecule has 150 valence electrons. The molecular weight excluding hydrogens is 374 g/mol. The first-order chi connectivity index (χ1) is 12.7. The predicted octanol–water partition coefficient (Wildman–Crippen LogP) is 2.60. The highest BCUT2D eigenvalue weighted by atomic mass is 32.2. The van der Waals surface area contributed by atoms with Crippen LogP contribution in [0.4, 0.5) is 0 Å². The molecule has 0 aliphatic carbocycles. The van der Waals surface area contributed by atoms with Crippen molar-refractivity contribution < 1.29 is 31.8 Å². The number of carbonyl (C=O) groups excluding carboxylic acids is 2. The number of esters is 2. The van der Waals surface area contributed by atoms with Gasteiger partial charge in [0.25, 0.3) is 0 Å². The molecule has 8 nitrogen and oxygen atoms in total. The SMILES string of the molecule is CCOC(=O)C(CC/C(C)=N/OS(=O)(=O)c1ccc(C)cc1)C(=O)OCC. The number of ether oxygens (including phenoxy) is 2. The summed E-state index contributed by atoms with van der Waals surface area (Å²) in [7, 11) is -4.03. The van der Waals surface area contributed by atoms with Crippen LogP contribution in [0.15, 0.2) is 34.3 Å². The molecule has 0 saturated heterocycles. The molecule has 0 aromatic heterocycles. The number of hydrogen-bond donors (Lipinski definition) is 0. The second-order valence-electron chi connectivity index (χ2n) is 5.76. The molecule has 1 aromatic carbocycles. The maximum absolute atomic E-state index is 12.1. The highest BCUT2D eigenvalue weighted by molar-refractivity contribution is 7.86. The summed E-state index contributed by atoms with van der Waals surface area (Å²) in [5.74, 6) is -2.46. The molecule has 0 aliphatic rings. The van der Waals surface area contributed by atoms with E-state index >= 15 is 0 Å². The zero-order valence-corrected chi connectivity index (χ0v) is 16.7. The van der Waals surface area contributed by atoms with Crippen LogP contribution in [-0.4, -0.2) is 39.3 Å². The zero-order valence-electron chi connectivity index (χ0n) is 15.9. The topological polar surface area (TPSA) is 108 Å². The predicted molar refractivity (Wildman–Crippen MR) is 98.5 cm³/mol. The third kappa shape index (κ3) is 7.38. The molecule has 0 aliphatic heterocycles. The van der Waals surface area contributed by atoms with E-state index in [0.717, 1.165) is 5.56 Å². The maximum Gasteiger partial charge on any atom is 0.358 e. The molecule has 0 atom stereocenters. The van der Waals surface area contributed by atoms with Gasteiger partial charge in [0.2, 0.25) is 0 Å². The first-order valence-corrected chi connectivity index (χ1v) is 9.99. The van der Waals surface area contributed by atoms with Crippen molar-refractivity contribution >= 4 is 27.8 Å². The summed E-state index contributed by atoms with van der Waals surface area (Å²) in [6.45, 7) is 6.92. The van der Waals surface area contributed by atoms with Crippen LogP contribution in [0.3, 0.4) is 0 Å². The zero-order chi connectivity index (χ0) is 20.4. The molecule has 0 unspecified atom stereocenters. The molecule has 0 bridgehead atoms. The van der Waals surface area contributed by atoms with Crippen LogP contribution >= 0.6 is 0 Å². The van der Waals surface area contributed by atoms with Gasteiger partial charge in [-0.2, -0.15) is 8.42 Å². The van der Waals surface area contributed by atoms with E-state index in [4.69, 9.17) is 13.8 Å². The minimum absolute atomic E-state index is 0.0134. The van der Waals surface area contributed by atoms with Gasteiger partial charge in [0.15, 0.2) is 5.92 Å². The fourth-order valence-corrected chi connectivity index (χ4v) is 2.86. The van der Waals surface area contributed by atoms with Gasteiger partial charge in [0.05, 0.1) is 18.9 Å². The smallest absolute Gasteiger partial charge is 0.358 e. The van der Waals surface area contributed by atoms with Gasteiger partial charge in [-0.05, 0) is 52.7 Å². The number of benzene rings is 1. The summed E-state index contributed by atoms with van der Waals surface area (Å²) < 4.78 is 38.6. The van der Waals surface area contributed by atoms with Crippen LogP contribution < -0.4 is 0 Å². The van der Waals surface area contributed by atoms with Gasteiger partial charge in [-0.1, -0.05) is 22.9 Å². The highest BCUT2D eigenvalue weighted by Crippen LogP contribution is 2.15. The number of rotatable bonds is 10. The quantitative estimate of drug-likeness (QED) is 0.257. The lowest BCUT2D eigenvalue weighted by Crippen LogP contribution is -2.28. The summed E-state index contributed by atoms with van der Waals surface area (Å²) in [4.78, 5) is 23.8. The second-order valence-corrected chi connectivity index (χ2v) is 7.29. The molecule has 0 fully saturated rings. The van der Waals surface area contributed by atoms with E-state index in [1.807, 2.05) is 6.92 Å². The van der Waals surface area contributed by atoms with Crippen LogP contribution in [0.25, 0.3) is 0 Å². The van der Waals surface area contributed by atoms with Gasteiger partial charge in [0.1, 0.15) is 4.90 Å². The summed E-state index contributed by atoms with van der Waals surface area (Å²) in [6, 6.07) is 6.15. The number of carbonyl (C=O) groups is 2. The Bertz CT molecular complexity index is 751. The minimum Gasteiger partial charge on any atom is -0.465 e. The molecular formula is C18H25NO7S. The van der Waals surface area contributed by atoms with E-state index in [1.165, 1.54) is 19.1 Å². The van der Waals surface area contributed by atoms with Crippen molar-refractivity contribution in [2.45, 2.75) is 45.4 Å². The van der Waals surface area contributed by atoms with Crippen LogP contribution in [0.1, 0.15) is 39.2 Å². The fourth-order valence-electron chi connectivity index (χ4n) is 2.08. The molecule has 0 N–H and O–H groups in total. The normalized spacial score (nSPS) is 12.0. The number of nitrogens with zero attached hydrogens (tertiary/aromatic N) is 1. The first kappa shape index (κ1) is 22.6. The van der Waals surface area contributed by atoms with E-state index in [9.17, 15) is 18.0 Å². The van der Waals surface area contributed by atoms with Crippen molar-refractivity contribution in [3.63, 3.8) is 0 Å². The van der Waals surface area contributed by atoms with Gasteiger partial charge in [-0.3, -0.25) is 13.9 Å². The first-order valence-electron chi connectivity index (χ1n) is 8.58. The molecule has 0 amide bonds. The van der Waals surface area contributed by atoms with Crippen LogP contribution in [0, 0.1) is 12.8 Å². The van der Waals surface area contributed by atoms with Crippen molar-refractivity contribution in [2.24, 2.45) is 11.1 Å². The summed E-state index contributed by atoms with van der Waals surface area (Å²) in [5.41, 5.74) is 1.22. The van der Waals surface area contributed by atoms with E-state index in [1.54, 1.807) is 26.0 Å². The molecule has 0 saturated carbocycles. The molecule has 0 spiro atoms. The van der Waals surface area contributed by atoms with E-state index in [-0.39, 0.29) is 31.0 Å². The average Bonchev–Trinajstić information content (AvgIpc) is 2.61. The van der Waals surface area contributed by atoms with Gasteiger partial charge in [-0.25, -0.2) is 0 Å². The lowest BCUT2D eigenvalue weighted by molar-refractivity contribution is -0.161. The minimum atomic E-state index is -4.03. The van der Waals surface area contributed by atoms with Crippen molar-refractivity contribution in [3.05, 3.63) is 29.8 Å². The van der Waals surface area contributed by atoms with Gasteiger partial charge in [0, 0.05) is 0 Å². The largest absolute Gasteiger partial charge is 0.465 e.